The van der Waals surface area contributed by atoms with Crippen LogP contribution in [0.25, 0.3) is 0 Å². The van der Waals surface area contributed by atoms with Gasteiger partial charge in [0.15, 0.2) is 0 Å². The summed E-state index contributed by atoms with van der Waals surface area (Å²) in [7, 11) is 1.64. The monoisotopic (exact) mass is 278 g/mol. The standard InChI is InChI=1S/C15H22N2O3/c1-11-3-5-12(6-4-11)13(16)14(18)17-9-15(19-2)7-8-20-10-15/h3-6,13H,7-10,16H2,1-2H3,(H,17,18). The summed E-state index contributed by atoms with van der Waals surface area (Å²) in [6.07, 6.45) is 0.781. The average molecular weight is 278 g/mol. The number of aryl methyl sites for hydroxylation is 1. The molecule has 2 rings (SSSR count). The minimum atomic E-state index is -0.660. The summed E-state index contributed by atoms with van der Waals surface area (Å²) in [6, 6.07) is 6.99. The number of amides is 1. The molecule has 1 aliphatic rings. The summed E-state index contributed by atoms with van der Waals surface area (Å²) in [4.78, 5) is 12.1. The van der Waals surface area contributed by atoms with Gasteiger partial charge in [-0.05, 0) is 12.5 Å². The first-order chi connectivity index (χ1) is 9.56. The number of ether oxygens (including phenoxy) is 2. The van der Waals surface area contributed by atoms with E-state index in [-0.39, 0.29) is 5.91 Å². The molecular weight excluding hydrogens is 256 g/mol. The number of carbonyl (C=O) groups excluding carboxylic acids is 1. The summed E-state index contributed by atoms with van der Waals surface area (Å²) in [5, 5.41) is 2.86. The molecule has 5 heteroatoms. The van der Waals surface area contributed by atoms with Crippen molar-refractivity contribution in [3.8, 4) is 0 Å². The molecule has 1 heterocycles. The predicted octanol–water partition coefficient (Wildman–Crippen LogP) is 0.917. The molecule has 1 amide bonds. The zero-order valence-corrected chi connectivity index (χ0v) is 12.0. The van der Waals surface area contributed by atoms with E-state index in [4.69, 9.17) is 15.2 Å². The van der Waals surface area contributed by atoms with E-state index < -0.39 is 11.6 Å². The molecule has 2 atom stereocenters. The minimum absolute atomic E-state index is 0.197. The molecule has 0 spiro atoms. The maximum atomic E-state index is 12.1. The second kappa shape index (κ2) is 6.35. The van der Waals surface area contributed by atoms with Crippen molar-refractivity contribution in [1.29, 1.82) is 0 Å². The van der Waals surface area contributed by atoms with Gasteiger partial charge in [-0.2, -0.15) is 0 Å². The Kier molecular flexibility index (Phi) is 4.75. The number of methoxy groups -OCH3 is 1. The van der Waals surface area contributed by atoms with Gasteiger partial charge in [0, 0.05) is 26.7 Å². The zero-order valence-electron chi connectivity index (χ0n) is 12.0. The van der Waals surface area contributed by atoms with Crippen LogP contribution in [-0.4, -0.2) is 38.4 Å². The normalized spacial score (nSPS) is 23.6. The topological polar surface area (TPSA) is 73.6 Å². The van der Waals surface area contributed by atoms with Crippen molar-refractivity contribution in [2.75, 3.05) is 26.9 Å². The van der Waals surface area contributed by atoms with Crippen molar-refractivity contribution < 1.29 is 14.3 Å². The molecule has 2 unspecified atom stereocenters. The second-order valence-electron chi connectivity index (χ2n) is 5.30. The van der Waals surface area contributed by atoms with E-state index in [0.29, 0.717) is 19.8 Å². The molecule has 1 saturated heterocycles. The molecule has 0 saturated carbocycles. The van der Waals surface area contributed by atoms with Crippen molar-refractivity contribution in [3.05, 3.63) is 35.4 Å². The number of nitrogens with two attached hydrogens (primary N) is 1. The first-order valence-electron chi connectivity index (χ1n) is 6.79. The van der Waals surface area contributed by atoms with Gasteiger partial charge in [0.25, 0.3) is 0 Å². The lowest BCUT2D eigenvalue weighted by Crippen LogP contribution is -2.47. The number of rotatable bonds is 5. The van der Waals surface area contributed by atoms with Crippen molar-refractivity contribution in [3.63, 3.8) is 0 Å². The average Bonchev–Trinajstić information content (AvgIpc) is 2.94. The Morgan fingerprint density at radius 1 is 1.50 bits per heavy atom. The summed E-state index contributed by atoms with van der Waals surface area (Å²) >= 11 is 0. The predicted molar refractivity (Wildman–Crippen MR) is 76.3 cm³/mol. The summed E-state index contributed by atoms with van der Waals surface area (Å²) in [5.74, 6) is -0.197. The first-order valence-corrected chi connectivity index (χ1v) is 6.79. The van der Waals surface area contributed by atoms with E-state index in [1.165, 1.54) is 0 Å². The van der Waals surface area contributed by atoms with Crippen LogP contribution >= 0.6 is 0 Å². The Hall–Kier alpha value is -1.43. The third-order valence-electron chi connectivity index (χ3n) is 3.80. The molecule has 0 bridgehead atoms. The van der Waals surface area contributed by atoms with Crippen molar-refractivity contribution >= 4 is 5.91 Å². The fraction of sp³-hybridized carbons (Fsp3) is 0.533. The highest BCUT2D eigenvalue weighted by Gasteiger charge is 2.35. The third-order valence-corrected chi connectivity index (χ3v) is 3.80. The number of nitrogens with one attached hydrogen (secondary N) is 1. The first kappa shape index (κ1) is 15.0. The van der Waals surface area contributed by atoms with Gasteiger partial charge >= 0.3 is 0 Å². The fourth-order valence-corrected chi connectivity index (χ4v) is 2.24. The van der Waals surface area contributed by atoms with E-state index in [1.54, 1.807) is 7.11 Å². The highest BCUT2D eigenvalue weighted by Crippen LogP contribution is 2.21. The van der Waals surface area contributed by atoms with Crippen LogP contribution in [0.2, 0.25) is 0 Å². The van der Waals surface area contributed by atoms with E-state index in [0.717, 1.165) is 17.5 Å². The van der Waals surface area contributed by atoms with Crippen molar-refractivity contribution in [2.24, 2.45) is 5.73 Å². The van der Waals surface area contributed by atoms with Gasteiger partial charge in [0.1, 0.15) is 11.6 Å². The quantitative estimate of drug-likeness (QED) is 0.840. The highest BCUT2D eigenvalue weighted by atomic mass is 16.5. The summed E-state index contributed by atoms with van der Waals surface area (Å²) in [5.41, 5.74) is 7.51. The van der Waals surface area contributed by atoms with Crippen LogP contribution < -0.4 is 11.1 Å². The van der Waals surface area contributed by atoms with E-state index in [2.05, 4.69) is 5.32 Å². The van der Waals surface area contributed by atoms with Crippen LogP contribution in [0.3, 0.4) is 0 Å². The van der Waals surface area contributed by atoms with Gasteiger partial charge in [-0.15, -0.1) is 0 Å². The highest BCUT2D eigenvalue weighted by molar-refractivity contribution is 5.83. The van der Waals surface area contributed by atoms with Gasteiger partial charge in [-0.3, -0.25) is 4.79 Å². The summed E-state index contributed by atoms with van der Waals surface area (Å²) in [6.45, 7) is 3.58. The van der Waals surface area contributed by atoms with Crippen LogP contribution in [-0.2, 0) is 14.3 Å². The Morgan fingerprint density at radius 3 is 2.75 bits per heavy atom. The van der Waals surface area contributed by atoms with E-state index in [1.807, 2.05) is 31.2 Å². The number of hydrogen-bond acceptors (Lipinski definition) is 4. The molecule has 20 heavy (non-hydrogen) atoms. The summed E-state index contributed by atoms with van der Waals surface area (Å²) < 4.78 is 10.8. The molecule has 1 aromatic rings. The minimum Gasteiger partial charge on any atom is -0.378 e. The van der Waals surface area contributed by atoms with Crippen LogP contribution in [0.4, 0.5) is 0 Å². The maximum absolute atomic E-state index is 12.1. The lowest BCUT2D eigenvalue weighted by atomic mass is 10.0. The van der Waals surface area contributed by atoms with E-state index >= 15 is 0 Å². The molecule has 1 aromatic carbocycles. The second-order valence-corrected chi connectivity index (χ2v) is 5.30. The Bertz CT molecular complexity index is 453. The van der Waals surface area contributed by atoms with Crippen molar-refractivity contribution in [1.82, 2.24) is 5.32 Å². The number of hydrogen-bond donors (Lipinski definition) is 2. The van der Waals surface area contributed by atoms with Crippen LogP contribution in [0.15, 0.2) is 24.3 Å². The molecule has 110 valence electrons. The Labute approximate surface area is 119 Å². The van der Waals surface area contributed by atoms with Crippen LogP contribution in [0.1, 0.15) is 23.6 Å². The molecule has 0 radical (unpaired) electrons. The molecule has 1 aliphatic heterocycles. The van der Waals surface area contributed by atoms with Crippen LogP contribution in [0.5, 0.6) is 0 Å². The van der Waals surface area contributed by atoms with Gasteiger partial charge in [-0.1, -0.05) is 29.8 Å². The lowest BCUT2D eigenvalue weighted by Gasteiger charge is -2.26. The van der Waals surface area contributed by atoms with Crippen LogP contribution in [0, 0.1) is 6.92 Å². The van der Waals surface area contributed by atoms with Gasteiger partial charge in [0.2, 0.25) is 5.91 Å². The fourth-order valence-electron chi connectivity index (χ4n) is 2.24. The third kappa shape index (κ3) is 3.36. The maximum Gasteiger partial charge on any atom is 0.241 e. The molecule has 0 aromatic heterocycles. The largest absolute Gasteiger partial charge is 0.378 e. The van der Waals surface area contributed by atoms with Gasteiger partial charge in [-0.25, -0.2) is 0 Å². The van der Waals surface area contributed by atoms with Gasteiger partial charge in [0.05, 0.1) is 6.61 Å². The smallest absolute Gasteiger partial charge is 0.241 e. The van der Waals surface area contributed by atoms with Crippen molar-refractivity contribution in [2.45, 2.75) is 25.0 Å². The molecule has 3 N–H and O–H groups in total. The Morgan fingerprint density at radius 2 is 2.20 bits per heavy atom. The van der Waals surface area contributed by atoms with Gasteiger partial charge < -0.3 is 20.5 Å². The molecular formula is C15H22N2O3. The molecule has 1 fully saturated rings. The SMILES string of the molecule is COC1(CNC(=O)C(N)c2ccc(C)cc2)CCOC1. The zero-order chi connectivity index (χ0) is 14.6. The lowest BCUT2D eigenvalue weighted by molar-refractivity contribution is -0.124. The number of carbonyl (C=O) groups is 1. The Balaban J connectivity index is 1.92. The molecule has 5 nitrogen and oxygen atoms in total. The van der Waals surface area contributed by atoms with E-state index in [9.17, 15) is 4.79 Å². The molecule has 0 aliphatic carbocycles. The number of benzene rings is 1.